The fraction of sp³-hybridized carbons (Fsp3) is 0.533. The zero-order valence-corrected chi connectivity index (χ0v) is 10.6. The van der Waals surface area contributed by atoms with Gasteiger partial charge in [0, 0.05) is 25.0 Å². The molecular weight excluding hydrogens is 224 g/mol. The highest BCUT2D eigenvalue weighted by Crippen LogP contribution is 2.40. The van der Waals surface area contributed by atoms with Crippen molar-refractivity contribution < 1.29 is 4.79 Å². The number of carbonyl (C=O) groups is 1. The Labute approximate surface area is 108 Å². The molecule has 96 valence electrons. The highest BCUT2D eigenvalue weighted by atomic mass is 16.2. The lowest BCUT2D eigenvalue weighted by Gasteiger charge is -2.26. The zero-order chi connectivity index (χ0) is 12.4. The van der Waals surface area contributed by atoms with Gasteiger partial charge in [0.25, 0.3) is 0 Å². The van der Waals surface area contributed by atoms with Crippen LogP contribution in [0.4, 0.5) is 4.79 Å². The van der Waals surface area contributed by atoms with Gasteiger partial charge in [-0.15, -0.1) is 0 Å². The van der Waals surface area contributed by atoms with E-state index in [-0.39, 0.29) is 6.03 Å². The molecule has 0 radical (unpaired) electrons. The van der Waals surface area contributed by atoms with Gasteiger partial charge in [0.2, 0.25) is 0 Å². The molecule has 1 saturated heterocycles. The van der Waals surface area contributed by atoms with Crippen LogP contribution in [0.25, 0.3) is 0 Å². The number of hydrogen-bond acceptors (Lipinski definition) is 1. The van der Waals surface area contributed by atoms with Crippen molar-refractivity contribution in [3.63, 3.8) is 0 Å². The molecule has 18 heavy (non-hydrogen) atoms. The standard InChI is InChI=1S/C15H20N2O/c18-15(17-9-5-2-6-10-17)16-14-11-13(14)12-7-3-1-4-8-12/h1,3-4,7-8,13-14H,2,5-6,9-11H2,(H,16,18)/t13-,14+/m0/s1. The van der Waals surface area contributed by atoms with Crippen LogP contribution in [0.3, 0.4) is 0 Å². The quantitative estimate of drug-likeness (QED) is 0.852. The predicted octanol–water partition coefficient (Wildman–Crippen LogP) is 2.74. The molecule has 1 aromatic carbocycles. The molecule has 1 N–H and O–H groups in total. The van der Waals surface area contributed by atoms with Gasteiger partial charge in [-0.1, -0.05) is 30.3 Å². The number of hydrogen-bond donors (Lipinski definition) is 1. The summed E-state index contributed by atoms with van der Waals surface area (Å²) in [7, 11) is 0. The van der Waals surface area contributed by atoms with E-state index in [1.807, 2.05) is 11.0 Å². The molecule has 2 fully saturated rings. The van der Waals surface area contributed by atoms with Gasteiger partial charge in [-0.3, -0.25) is 0 Å². The van der Waals surface area contributed by atoms with Gasteiger partial charge >= 0.3 is 6.03 Å². The van der Waals surface area contributed by atoms with Crippen molar-refractivity contribution >= 4 is 6.03 Å². The van der Waals surface area contributed by atoms with Crippen LogP contribution in [0.2, 0.25) is 0 Å². The van der Waals surface area contributed by atoms with Crippen molar-refractivity contribution in [3.05, 3.63) is 35.9 Å². The Morgan fingerprint density at radius 1 is 1.11 bits per heavy atom. The van der Waals surface area contributed by atoms with Gasteiger partial charge in [0.1, 0.15) is 0 Å². The third kappa shape index (κ3) is 2.50. The molecule has 2 amide bonds. The maximum atomic E-state index is 12.0. The molecule has 3 heteroatoms. The summed E-state index contributed by atoms with van der Waals surface area (Å²) in [5.41, 5.74) is 1.35. The van der Waals surface area contributed by atoms with Crippen LogP contribution >= 0.6 is 0 Å². The SMILES string of the molecule is O=C(N[C@@H]1C[C@H]1c1ccccc1)N1CCCCC1. The summed E-state index contributed by atoms with van der Waals surface area (Å²) < 4.78 is 0. The number of benzene rings is 1. The lowest BCUT2D eigenvalue weighted by Crippen LogP contribution is -2.43. The number of piperidine rings is 1. The molecule has 2 atom stereocenters. The summed E-state index contributed by atoms with van der Waals surface area (Å²) in [6.07, 6.45) is 4.66. The fourth-order valence-corrected chi connectivity index (χ4v) is 2.77. The van der Waals surface area contributed by atoms with Crippen molar-refractivity contribution in [2.24, 2.45) is 0 Å². The van der Waals surface area contributed by atoms with Crippen molar-refractivity contribution in [2.75, 3.05) is 13.1 Å². The van der Waals surface area contributed by atoms with Gasteiger partial charge in [0.05, 0.1) is 0 Å². The second-order valence-electron chi connectivity index (χ2n) is 5.36. The molecule has 3 rings (SSSR count). The second kappa shape index (κ2) is 5.01. The Hall–Kier alpha value is -1.51. The van der Waals surface area contributed by atoms with E-state index in [9.17, 15) is 4.79 Å². The van der Waals surface area contributed by atoms with E-state index in [1.165, 1.54) is 12.0 Å². The zero-order valence-electron chi connectivity index (χ0n) is 10.6. The minimum absolute atomic E-state index is 0.137. The van der Waals surface area contributed by atoms with Crippen molar-refractivity contribution in [1.82, 2.24) is 10.2 Å². The number of likely N-dealkylation sites (tertiary alicyclic amines) is 1. The van der Waals surface area contributed by atoms with Crippen LogP contribution in [0.5, 0.6) is 0 Å². The van der Waals surface area contributed by atoms with Crippen LogP contribution in [-0.4, -0.2) is 30.1 Å². The maximum Gasteiger partial charge on any atom is 0.317 e. The summed E-state index contributed by atoms with van der Waals surface area (Å²) in [6.45, 7) is 1.85. The summed E-state index contributed by atoms with van der Waals surface area (Å²) in [6, 6.07) is 11.0. The van der Waals surface area contributed by atoms with E-state index >= 15 is 0 Å². The molecule has 1 aromatic rings. The average Bonchev–Trinajstić information content (AvgIpc) is 3.20. The first-order chi connectivity index (χ1) is 8.84. The predicted molar refractivity (Wildman–Crippen MR) is 71.5 cm³/mol. The van der Waals surface area contributed by atoms with Gasteiger partial charge in [-0.05, 0) is 31.2 Å². The number of rotatable bonds is 2. The first kappa shape index (κ1) is 11.6. The van der Waals surface area contributed by atoms with Crippen molar-refractivity contribution in [1.29, 1.82) is 0 Å². The summed E-state index contributed by atoms with van der Waals surface area (Å²) in [5, 5.41) is 3.16. The molecule has 0 aromatic heterocycles. The molecule has 1 aliphatic heterocycles. The first-order valence-electron chi connectivity index (χ1n) is 6.95. The number of nitrogens with zero attached hydrogens (tertiary/aromatic N) is 1. The van der Waals surface area contributed by atoms with Crippen LogP contribution in [0, 0.1) is 0 Å². The minimum atomic E-state index is 0.137. The molecule has 1 saturated carbocycles. The molecular formula is C15H20N2O. The largest absolute Gasteiger partial charge is 0.335 e. The van der Waals surface area contributed by atoms with E-state index in [1.54, 1.807) is 0 Å². The van der Waals surface area contributed by atoms with Gasteiger partial charge in [-0.2, -0.15) is 0 Å². The van der Waals surface area contributed by atoms with E-state index in [0.717, 1.165) is 32.4 Å². The summed E-state index contributed by atoms with van der Waals surface area (Å²) in [4.78, 5) is 14.0. The highest BCUT2D eigenvalue weighted by Gasteiger charge is 2.40. The lowest BCUT2D eigenvalue weighted by atomic mass is 10.1. The Morgan fingerprint density at radius 3 is 2.56 bits per heavy atom. The van der Waals surface area contributed by atoms with E-state index in [0.29, 0.717) is 12.0 Å². The molecule has 0 spiro atoms. The molecule has 1 aliphatic carbocycles. The Bertz CT molecular complexity index is 412. The van der Waals surface area contributed by atoms with Crippen LogP contribution in [0.1, 0.15) is 37.2 Å². The number of nitrogens with one attached hydrogen (secondary N) is 1. The number of urea groups is 1. The first-order valence-corrected chi connectivity index (χ1v) is 6.95. The molecule has 3 nitrogen and oxygen atoms in total. The van der Waals surface area contributed by atoms with Gasteiger partial charge in [0.15, 0.2) is 0 Å². The normalized spacial score (nSPS) is 26.8. The number of amides is 2. The molecule has 0 bridgehead atoms. The van der Waals surface area contributed by atoms with Crippen molar-refractivity contribution in [3.8, 4) is 0 Å². The van der Waals surface area contributed by atoms with E-state index in [4.69, 9.17) is 0 Å². The van der Waals surface area contributed by atoms with E-state index < -0.39 is 0 Å². The molecule has 2 aliphatic rings. The monoisotopic (exact) mass is 244 g/mol. The second-order valence-corrected chi connectivity index (χ2v) is 5.36. The highest BCUT2D eigenvalue weighted by molar-refractivity contribution is 5.75. The Balaban J connectivity index is 1.51. The minimum Gasteiger partial charge on any atom is -0.335 e. The molecule has 0 unspecified atom stereocenters. The van der Waals surface area contributed by atoms with E-state index in [2.05, 4.69) is 29.6 Å². The van der Waals surface area contributed by atoms with Crippen molar-refractivity contribution in [2.45, 2.75) is 37.6 Å². The summed E-state index contributed by atoms with van der Waals surface area (Å²) in [5.74, 6) is 0.528. The third-order valence-corrected chi connectivity index (χ3v) is 3.97. The fourth-order valence-electron chi connectivity index (χ4n) is 2.77. The molecule has 1 heterocycles. The van der Waals surface area contributed by atoms with Gasteiger partial charge < -0.3 is 10.2 Å². The van der Waals surface area contributed by atoms with Crippen LogP contribution < -0.4 is 5.32 Å². The maximum absolute atomic E-state index is 12.0. The summed E-state index contributed by atoms with van der Waals surface area (Å²) >= 11 is 0. The topological polar surface area (TPSA) is 32.3 Å². The average molecular weight is 244 g/mol. The lowest BCUT2D eigenvalue weighted by molar-refractivity contribution is 0.186. The third-order valence-electron chi connectivity index (χ3n) is 3.97. The Morgan fingerprint density at radius 2 is 1.83 bits per heavy atom. The van der Waals surface area contributed by atoms with Crippen LogP contribution in [0.15, 0.2) is 30.3 Å². The Kier molecular flexibility index (Phi) is 3.22. The van der Waals surface area contributed by atoms with Crippen LogP contribution in [-0.2, 0) is 0 Å². The smallest absolute Gasteiger partial charge is 0.317 e. The number of carbonyl (C=O) groups excluding carboxylic acids is 1. The van der Waals surface area contributed by atoms with Gasteiger partial charge in [-0.25, -0.2) is 4.79 Å².